The van der Waals surface area contributed by atoms with Crippen LogP contribution in [0.3, 0.4) is 0 Å². The van der Waals surface area contributed by atoms with Gasteiger partial charge in [-0.3, -0.25) is 9.59 Å². The summed E-state index contributed by atoms with van der Waals surface area (Å²) in [6.45, 7) is 2.94. The minimum absolute atomic E-state index is 0.0675. The Kier molecular flexibility index (Phi) is 8.13. The fourth-order valence-electron chi connectivity index (χ4n) is 4.23. The summed E-state index contributed by atoms with van der Waals surface area (Å²) in [6.07, 6.45) is 4.12. The van der Waals surface area contributed by atoms with Gasteiger partial charge >= 0.3 is 0 Å². The average Bonchev–Trinajstić information content (AvgIpc) is 3.37. The van der Waals surface area contributed by atoms with Crippen LogP contribution < -0.4 is 0 Å². The van der Waals surface area contributed by atoms with Crippen LogP contribution in [0.15, 0.2) is 53.1 Å². The van der Waals surface area contributed by atoms with Crippen LogP contribution in [0.5, 0.6) is 0 Å². The van der Waals surface area contributed by atoms with Crippen molar-refractivity contribution in [1.29, 1.82) is 0 Å². The van der Waals surface area contributed by atoms with Gasteiger partial charge in [-0.05, 0) is 62.1 Å². The van der Waals surface area contributed by atoms with Crippen molar-refractivity contribution in [3.8, 4) is 11.4 Å². The summed E-state index contributed by atoms with van der Waals surface area (Å²) in [5.74, 6) is -0.0923. The molecule has 2 aromatic carbocycles. The van der Waals surface area contributed by atoms with Gasteiger partial charge < -0.3 is 14.3 Å². The number of carbonyl (C=O) groups is 2. The lowest BCUT2D eigenvalue weighted by Crippen LogP contribution is -2.46. The maximum absolute atomic E-state index is 13.4. The molecule has 35 heavy (non-hydrogen) atoms. The van der Waals surface area contributed by atoms with Crippen LogP contribution in [0.4, 0.5) is 4.39 Å². The third-order valence-electron chi connectivity index (χ3n) is 6.12. The highest BCUT2D eigenvalue weighted by Gasteiger charge is 2.33. The molecule has 1 aliphatic heterocycles. The van der Waals surface area contributed by atoms with Gasteiger partial charge in [-0.15, -0.1) is 0 Å². The molecule has 3 aromatic rings. The molecule has 7 nitrogen and oxygen atoms in total. The Morgan fingerprint density at radius 3 is 2.74 bits per heavy atom. The number of benzene rings is 2. The number of unbranched alkanes of at least 4 members (excludes halogenated alkanes) is 1. The fourth-order valence-corrected chi connectivity index (χ4v) is 4.42. The molecule has 1 saturated heterocycles. The van der Waals surface area contributed by atoms with Gasteiger partial charge in [0.1, 0.15) is 18.4 Å². The van der Waals surface area contributed by atoms with Gasteiger partial charge in [-0.2, -0.15) is 4.98 Å². The van der Waals surface area contributed by atoms with E-state index in [-0.39, 0.29) is 24.4 Å². The number of nitrogens with zero attached hydrogens (tertiary/aromatic N) is 4. The highest BCUT2D eigenvalue weighted by atomic mass is 35.5. The number of rotatable bonds is 8. The fraction of sp³-hybridized carbons (Fsp3) is 0.385. The number of amides is 2. The van der Waals surface area contributed by atoms with Crippen LogP contribution in [-0.4, -0.2) is 51.4 Å². The van der Waals surface area contributed by atoms with E-state index >= 15 is 0 Å². The van der Waals surface area contributed by atoms with Crippen molar-refractivity contribution < 1.29 is 18.5 Å². The maximum atomic E-state index is 13.4. The zero-order valence-electron chi connectivity index (χ0n) is 19.6. The van der Waals surface area contributed by atoms with Gasteiger partial charge in [0, 0.05) is 29.2 Å². The maximum Gasteiger partial charge on any atom is 0.254 e. The molecule has 1 atom stereocenters. The summed E-state index contributed by atoms with van der Waals surface area (Å²) in [4.78, 5) is 34.4. The standard InChI is InChI=1S/C26H28ClFN4O3/c1-2-3-14-31(26(34)18-10-12-21(28)13-11-18)17-23(33)32-15-5-4-9-22(32)25-29-24(30-35-25)19-7-6-8-20(27)16-19/h6-8,10-13,16,22H,2-5,9,14-15,17H2,1H3. The molecular weight excluding hydrogens is 471 g/mol. The van der Waals surface area contributed by atoms with Crippen molar-refractivity contribution in [2.45, 2.75) is 45.1 Å². The lowest BCUT2D eigenvalue weighted by molar-refractivity contribution is -0.136. The molecule has 4 rings (SSSR count). The Balaban J connectivity index is 1.52. The molecule has 0 saturated carbocycles. The monoisotopic (exact) mass is 498 g/mol. The van der Waals surface area contributed by atoms with Crippen LogP contribution in [0.25, 0.3) is 11.4 Å². The first-order valence-electron chi connectivity index (χ1n) is 11.9. The van der Waals surface area contributed by atoms with Crippen molar-refractivity contribution in [3.63, 3.8) is 0 Å². The van der Waals surface area contributed by atoms with E-state index in [1.165, 1.54) is 29.2 Å². The smallest absolute Gasteiger partial charge is 0.254 e. The minimum Gasteiger partial charge on any atom is -0.337 e. The van der Waals surface area contributed by atoms with Crippen molar-refractivity contribution in [3.05, 3.63) is 70.8 Å². The Hall–Kier alpha value is -3.26. The van der Waals surface area contributed by atoms with E-state index in [2.05, 4.69) is 10.1 Å². The molecular formula is C26H28ClFN4O3. The van der Waals surface area contributed by atoms with Crippen molar-refractivity contribution in [1.82, 2.24) is 19.9 Å². The first-order valence-corrected chi connectivity index (χ1v) is 12.3. The predicted molar refractivity (Wildman–Crippen MR) is 130 cm³/mol. The second-order valence-corrected chi connectivity index (χ2v) is 9.09. The lowest BCUT2D eigenvalue weighted by Gasteiger charge is -2.35. The van der Waals surface area contributed by atoms with E-state index in [4.69, 9.17) is 16.1 Å². The van der Waals surface area contributed by atoms with Gasteiger partial charge in [0.2, 0.25) is 17.6 Å². The molecule has 0 radical (unpaired) electrons. The number of aromatic nitrogens is 2. The molecule has 1 aliphatic rings. The molecule has 0 N–H and O–H groups in total. The average molecular weight is 499 g/mol. The third-order valence-corrected chi connectivity index (χ3v) is 6.35. The van der Waals surface area contributed by atoms with Gasteiger partial charge in [0.05, 0.1) is 0 Å². The number of hydrogen-bond acceptors (Lipinski definition) is 5. The van der Waals surface area contributed by atoms with Crippen LogP contribution in [-0.2, 0) is 4.79 Å². The minimum atomic E-state index is -0.411. The number of hydrogen-bond donors (Lipinski definition) is 0. The van der Waals surface area contributed by atoms with Crippen molar-refractivity contribution in [2.75, 3.05) is 19.6 Å². The number of likely N-dealkylation sites (tertiary alicyclic amines) is 1. The quantitative estimate of drug-likeness (QED) is 0.408. The summed E-state index contributed by atoms with van der Waals surface area (Å²) in [5.41, 5.74) is 1.09. The van der Waals surface area contributed by atoms with E-state index in [9.17, 15) is 14.0 Å². The van der Waals surface area contributed by atoms with Crippen LogP contribution in [0.1, 0.15) is 61.3 Å². The van der Waals surface area contributed by atoms with Crippen molar-refractivity contribution in [2.24, 2.45) is 0 Å². The number of halogens is 2. The summed E-state index contributed by atoms with van der Waals surface area (Å²) in [7, 11) is 0. The van der Waals surface area contributed by atoms with Gasteiger partial charge in [0.15, 0.2) is 0 Å². The van der Waals surface area contributed by atoms with E-state index in [0.717, 1.165) is 31.2 Å². The first-order chi connectivity index (χ1) is 17.0. The summed E-state index contributed by atoms with van der Waals surface area (Å²) in [6, 6.07) is 12.2. The number of carbonyl (C=O) groups excluding carboxylic acids is 2. The molecule has 0 bridgehead atoms. The first kappa shape index (κ1) is 24.9. The third kappa shape index (κ3) is 6.06. The van der Waals surface area contributed by atoms with Crippen LogP contribution in [0, 0.1) is 5.82 Å². The second kappa shape index (κ2) is 11.4. The molecule has 184 valence electrons. The summed E-state index contributed by atoms with van der Waals surface area (Å²) in [5, 5.41) is 4.67. The van der Waals surface area contributed by atoms with E-state index in [1.807, 2.05) is 19.1 Å². The Bertz CT molecular complexity index is 1170. The molecule has 1 aromatic heterocycles. The molecule has 1 fully saturated rings. The number of piperidine rings is 1. The van der Waals surface area contributed by atoms with Gasteiger partial charge in [0.25, 0.3) is 5.91 Å². The normalized spacial score (nSPS) is 15.7. The molecule has 0 spiro atoms. The van der Waals surface area contributed by atoms with Crippen LogP contribution in [0.2, 0.25) is 5.02 Å². The second-order valence-electron chi connectivity index (χ2n) is 8.65. The Labute approximate surface area is 208 Å². The van der Waals surface area contributed by atoms with E-state index in [0.29, 0.717) is 41.8 Å². The highest BCUT2D eigenvalue weighted by Crippen LogP contribution is 2.31. The van der Waals surface area contributed by atoms with E-state index < -0.39 is 5.82 Å². The SMILES string of the molecule is CCCCN(CC(=O)N1CCCCC1c1nc(-c2cccc(Cl)c2)no1)C(=O)c1ccc(F)cc1. The van der Waals surface area contributed by atoms with Gasteiger partial charge in [-0.25, -0.2) is 4.39 Å². The zero-order valence-corrected chi connectivity index (χ0v) is 20.4. The largest absolute Gasteiger partial charge is 0.337 e. The molecule has 0 aliphatic carbocycles. The molecule has 2 heterocycles. The lowest BCUT2D eigenvalue weighted by atomic mass is 10.0. The summed E-state index contributed by atoms with van der Waals surface area (Å²) >= 11 is 6.09. The molecule has 9 heteroatoms. The Morgan fingerprint density at radius 1 is 1.20 bits per heavy atom. The van der Waals surface area contributed by atoms with Gasteiger partial charge in [-0.1, -0.05) is 42.2 Å². The van der Waals surface area contributed by atoms with Crippen LogP contribution >= 0.6 is 11.6 Å². The van der Waals surface area contributed by atoms with E-state index in [1.54, 1.807) is 17.0 Å². The highest BCUT2D eigenvalue weighted by molar-refractivity contribution is 6.30. The van der Waals surface area contributed by atoms with Crippen molar-refractivity contribution >= 4 is 23.4 Å². The Morgan fingerprint density at radius 2 is 2.00 bits per heavy atom. The molecule has 2 amide bonds. The zero-order chi connectivity index (χ0) is 24.8. The summed E-state index contributed by atoms with van der Waals surface area (Å²) < 4.78 is 18.9. The predicted octanol–water partition coefficient (Wildman–Crippen LogP) is 5.53. The molecule has 1 unspecified atom stereocenters. The topological polar surface area (TPSA) is 79.5 Å².